The molecule has 0 aromatic carbocycles. The normalized spacial score (nSPS) is 10.4. The molecule has 0 saturated carbocycles. The summed E-state index contributed by atoms with van der Waals surface area (Å²) in [7, 11) is 2.37. The summed E-state index contributed by atoms with van der Waals surface area (Å²) in [6.07, 6.45) is -3.17. The summed E-state index contributed by atoms with van der Waals surface area (Å²) in [4.78, 5) is 24.8. The third-order valence-corrected chi connectivity index (χ3v) is 2.07. The number of hydrogen-bond donors (Lipinski definition) is 1. The molecular weight excluding hydrogens is 236 g/mol. The number of nitrogens with one attached hydrogen (secondary N) is 1. The van der Waals surface area contributed by atoms with Crippen molar-refractivity contribution in [2.24, 2.45) is 0 Å². The Morgan fingerprint density at radius 2 is 2.12 bits per heavy atom. The number of carbonyl (C=O) groups is 1. The standard InChI is InChI=1S/C10H11F2NO4/c1-16-8(15)4-5-9(17-2)7(14)3-6(13-5)10(11)12/h3,10H,4H2,1-2H3,(H,13,14). The van der Waals surface area contributed by atoms with Crippen molar-refractivity contribution in [2.75, 3.05) is 14.2 Å². The van der Waals surface area contributed by atoms with Crippen LogP contribution in [0, 0.1) is 0 Å². The summed E-state index contributed by atoms with van der Waals surface area (Å²) in [5.74, 6) is -0.829. The third kappa shape index (κ3) is 3.02. The average Bonchev–Trinajstić information content (AvgIpc) is 2.28. The number of pyridine rings is 1. The van der Waals surface area contributed by atoms with E-state index in [1.54, 1.807) is 0 Å². The van der Waals surface area contributed by atoms with Gasteiger partial charge in [0.05, 0.1) is 32.0 Å². The van der Waals surface area contributed by atoms with Crippen molar-refractivity contribution in [3.8, 4) is 5.75 Å². The molecular formula is C10H11F2NO4. The molecule has 0 spiro atoms. The molecule has 17 heavy (non-hydrogen) atoms. The first-order chi connectivity index (χ1) is 7.99. The molecule has 0 amide bonds. The van der Waals surface area contributed by atoms with E-state index in [0.29, 0.717) is 0 Å². The molecule has 0 aliphatic heterocycles. The fourth-order valence-corrected chi connectivity index (χ4v) is 1.30. The predicted molar refractivity (Wildman–Crippen MR) is 54.3 cm³/mol. The lowest BCUT2D eigenvalue weighted by molar-refractivity contribution is -0.139. The van der Waals surface area contributed by atoms with E-state index in [2.05, 4.69) is 9.72 Å². The highest BCUT2D eigenvalue weighted by Crippen LogP contribution is 2.19. The summed E-state index contributed by atoms with van der Waals surface area (Å²) in [5, 5.41) is 0. The zero-order chi connectivity index (χ0) is 13.0. The van der Waals surface area contributed by atoms with E-state index in [-0.39, 0.29) is 17.9 Å². The predicted octanol–water partition coefficient (Wildman–Crippen LogP) is 1.04. The van der Waals surface area contributed by atoms with Crippen LogP contribution in [0.25, 0.3) is 0 Å². The second kappa shape index (κ2) is 5.42. The number of alkyl halides is 2. The molecule has 0 fully saturated rings. The molecule has 0 atom stereocenters. The number of hydrogen-bond acceptors (Lipinski definition) is 4. The van der Waals surface area contributed by atoms with Crippen molar-refractivity contribution in [1.29, 1.82) is 0 Å². The van der Waals surface area contributed by atoms with Crippen molar-refractivity contribution in [2.45, 2.75) is 12.8 Å². The van der Waals surface area contributed by atoms with Gasteiger partial charge >= 0.3 is 5.97 Å². The van der Waals surface area contributed by atoms with E-state index in [1.165, 1.54) is 7.11 Å². The van der Waals surface area contributed by atoms with Gasteiger partial charge in [0.25, 0.3) is 6.43 Å². The summed E-state index contributed by atoms with van der Waals surface area (Å²) in [6.45, 7) is 0. The van der Waals surface area contributed by atoms with Crippen LogP contribution in [0.1, 0.15) is 17.8 Å². The molecule has 0 saturated heterocycles. The maximum absolute atomic E-state index is 12.5. The van der Waals surface area contributed by atoms with Crippen molar-refractivity contribution in [3.63, 3.8) is 0 Å². The SMILES string of the molecule is COC(=O)Cc1[nH]c(C(F)F)cc(=O)c1OC. The monoisotopic (exact) mass is 247 g/mol. The molecule has 1 N–H and O–H groups in total. The van der Waals surface area contributed by atoms with E-state index in [0.717, 1.165) is 13.2 Å². The smallest absolute Gasteiger partial charge is 0.311 e. The van der Waals surface area contributed by atoms with Gasteiger partial charge < -0.3 is 14.5 Å². The van der Waals surface area contributed by atoms with E-state index in [9.17, 15) is 18.4 Å². The summed E-state index contributed by atoms with van der Waals surface area (Å²) >= 11 is 0. The second-order valence-corrected chi connectivity index (χ2v) is 3.15. The fourth-order valence-electron chi connectivity index (χ4n) is 1.30. The highest BCUT2D eigenvalue weighted by atomic mass is 19.3. The highest BCUT2D eigenvalue weighted by molar-refractivity contribution is 5.72. The summed E-state index contributed by atoms with van der Waals surface area (Å²) in [6, 6.07) is 0.740. The van der Waals surface area contributed by atoms with Gasteiger partial charge in [-0.05, 0) is 0 Å². The van der Waals surface area contributed by atoms with Gasteiger partial charge in [-0.1, -0.05) is 0 Å². The molecule has 0 radical (unpaired) electrons. The molecule has 0 aliphatic rings. The highest BCUT2D eigenvalue weighted by Gasteiger charge is 2.17. The molecule has 1 rings (SSSR count). The first-order valence-corrected chi connectivity index (χ1v) is 4.64. The van der Waals surface area contributed by atoms with Gasteiger partial charge in [0.15, 0.2) is 5.75 Å². The van der Waals surface area contributed by atoms with Crippen LogP contribution < -0.4 is 10.2 Å². The number of H-pyrrole nitrogens is 1. The first-order valence-electron chi connectivity index (χ1n) is 4.64. The van der Waals surface area contributed by atoms with Crippen LogP contribution in [0.2, 0.25) is 0 Å². The lowest BCUT2D eigenvalue weighted by Crippen LogP contribution is -2.16. The number of carbonyl (C=O) groups excluding carboxylic acids is 1. The van der Waals surface area contributed by atoms with Crippen LogP contribution in [0.4, 0.5) is 8.78 Å². The Morgan fingerprint density at radius 3 is 2.59 bits per heavy atom. The minimum absolute atomic E-state index is 0.0258. The largest absolute Gasteiger partial charge is 0.491 e. The molecule has 0 aliphatic carbocycles. The Kier molecular flexibility index (Phi) is 4.19. The molecule has 5 nitrogen and oxygen atoms in total. The number of aromatic amines is 1. The van der Waals surface area contributed by atoms with E-state index >= 15 is 0 Å². The van der Waals surface area contributed by atoms with Gasteiger partial charge in [0.2, 0.25) is 5.43 Å². The Morgan fingerprint density at radius 1 is 1.47 bits per heavy atom. The zero-order valence-corrected chi connectivity index (χ0v) is 9.25. The zero-order valence-electron chi connectivity index (χ0n) is 9.25. The van der Waals surface area contributed by atoms with E-state index in [1.807, 2.05) is 0 Å². The fraction of sp³-hybridized carbons (Fsp3) is 0.400. The molecule has 7 heteroatoms. The molecule has 0 unspecified atom stereocenters. The quantitative estimate of drug-likeness (QED) is 0.807. The van der Waals surface area contributed by atoms with Gasteiger partial charge in [0.1, 0.15) is 0 Å². The Balaban J connectivity index is 3.24. The summed E-state index contributed by atoms with van der Waals surface area (Å²) in [5.41, 5.74) is -1.29. The molecule has 1 aromatic rings. The number of ether oxygens (including phenoxy) is 2. The van der Waals surface area contributed by atoms with Crippen LogP contribution in [-0.4, -0.2) is 25.2 Å². The van der Waals surface area contributed by atoms with Crippen LogP contribution >= 0.6 is 0 Å². The number of methoxy groups -OCH3 is 2. The van der Waals surface area contributed by atoms with Crippen LogP contribution in [0.5, 0.6) is 5.75 Å². The van der Waals surface area contributed by atoms with Gasteiger partial charge in [-0.25, -0.2) is 8.78 Å². The van der Waals surface area contributed by atoms with Crippen LogP contribution in [0.15, 0.2) is 10.9 Å². The minimum atomic E-state index is -2.83. The molecule has 1 aromatic heterocycles. The van der Waals surface area contributed by atoms with Crippen molar-refractivity contribution < 1.29 is 23.0 Å². The number of halogens is 2. The van der Waals surface area contributed by atoms with E-state index < -0.39 is 23.5 Å². The van der Waals surface area contributed by atoms with Gasteiger partial charge in [-0.2, -0.15) is 0 Å². The summed E-state index contributed by atoms with van der Waals surface area (Å²) < 4.78 is 34.1. The second-order valence-electron chi connectivity index (χ2n) is 3.15. The van der Waals surface area contributed by atoms with Crippen molar-refractivity contribution >= 4 is 5.97 Å². The number of rotatable bonds is 4. The van der Waals surface area contributed by atoms with Crippen molar-refractivity contribution in [1.82, 2.24) is 4.98 Å². The molecule has 94 valence electrons. The lowest BCUT2D eigenvalue weighted by atomic mass is 10.2. The van der Waals surface area contributed by atoms with Gasteiger partial charge in [-0.3, -0.25) is 9.59 Å². The number of aromatic nitrogens is 1. The topological polar surface area (TPSA) is 68.4 Å². The molecule has 1 heterocycles. The number of esters is 1. The van der Waals surface area contributed by atoms with Gasteiger partial charge in [0, 0.05) is 6.07 Å². The Bertz CT molecular complexity index is 470. The van der Waals surface area contributed by atoms with Crippen LogP contribution in [-0.2, 0) is 16.0 Å². The van der Waals surface area contributed by atoms with Crippen molar-refractivity contribution in [3.05, 3.63) is 27.7 Å². The van der Waals surface area contributed by atoms with Gasteiger partial charge in [-0.15, -0.1) is 0 Å². The Labute approximate surface area is 95.4 Å². The maximum Gasteiger partial charge on any atom is 0.311 e. The Hall–Kier alpha value is -1.92. The maximum atomic E-state index is 12.5. The minimum Gasteiger partial charge on any atom is -0.491 e. The van der Waals surface area contributed by atoms with Crippen LogP contribution in [0.3, 0.4) is 0 Å². The first kappa shape index (κ1) is 13.1. The third-order valence-electron chi connectivity index (χ3n) is 2.07. The molecule has 0 bridgehead atoms. The van der Waals surface area contributed by atoms with E-state index in [4.69, 9.17) is 4.74 Å². The average molecular weight is 247 g/mol. The lowest BCUT2D eigenvalue weighted by Gasteiger charge is -2.09.